The topological polar surface area (TPSA) is 44.8 Å². The predicted molar refractivity (Wildman–Crippen MR) is 83.7 cm³/mol. The number of benzene rings is 2. The summed E-state index contributed by atoms with van der Waals surface area (Å²) in [5.41, 5.74) is 0. The second kappa shape index (κ2) is 8.03. The molecule has 166 valence electrons. The molecule has 0 spiro atoms. The molecule has 2 aromatic carbocycles. The third kappa shape index (κ3) is 4.84. The lowest BCUT2D eigenvalue weighted by Crippen LogP contribution is -2.61. The van der Waals surface area contributed by atoms with Gasteiger partial charge in [0.15, 0.2) is 0 Å². The molecule has 0 N–H and O–H groups in total. The first-order valence-corrected chi connectivity index (χ1v) is 9.08. The summed E-state index contributed by atoms with van der Waals surface area (Å²) in [4.78, 5) is 0. The molecular weight excluding hydrogens is 458 g/mol. The lowest BCUT2D eigenvalue weighted by atomic mass is 10.1. The molecule has 2 aromatic rings. The molecule has 30 heavy (non-hydrogen) atoms. The van der Waals surface area contributed by atoms with Gasteiger partial charge in [0.05, 0.1) is 0 Å². The van der Waals surface area contributed by atoms with Crippen LogP contribution in [0.2, 0.25) is 0 Å². The van der Waals surface area contributed by atoms with Crippen LogP contribution in [0.1, 0.15) is 0 Å². The summed E-state index contributed by atoms with van der Waals surface area (Å²) in [6, 6.07) is 11.5. The van der Waals surface area contributed by atoms with Gasteiger partial charge in [0.2, 0.25) is 0 Å². The summed E-state index contributed by atoms with van der Waals surface area (Å²) in [7, 11) is -5.93. The first-order valence-electron chi connectivity index (χ1n) is 7.61. The van der Waals surface area contributed by atoms with Gasteiger partial charge in [-0.25, -0.2) is 4.57 Å². The molecule has 0 bridgehead atoms. The van der Waals surface area contributed by atoms with E-state index in [1.807, 2.05) is 0 Å². The van der Waals surface area contributed by atoms with Crippen LogP contribution in [-0.4, -0.2) is 24.1 Å². The second-order valence-electron chi connectivity index (χ2n) is 5.51. The van der Waals surface area contributed by atoms with Gasteiger partial charge in [-0.2, -0.15) is 44.0 Å². The largest absolute Gasteiger partial charge is 0.592 e. The molecule has 0 aromatic heterocycles. The molecule has 0 unspecified atom stereocenters. The summed E-state index contributed by atoms with van der Waals surface area (Å²) in [6.45, 7) is 0. The van der Waals surface area contributed by atoms with E-state index in [9.17, 15) is 44.1 Å². The van der Waals surface area contributed by atoms with E-state index < -0.39 is 43.5 Å². The fourth-order valence-corrected chi connectivity index (χ4v) is 3.10. The maximum atomic E-state index is 13.8. The fraction of sp³-hybridized carbons (Fsp3) is 0.250. The Bertz CT molecular complexity index is 843. The van der Waals surface area contributed by atoms with Crippen LogP contribution in [0.3, 0.4) is 0 Å². The Morgan fingerprint density at radius 1 is 0.600 bits per heavy atom. The van der Waals surface area contributed by atoms with Crippen molar-refractivity contribution >= 4 is 7.82 Å². The van der Waals surface area contributed by atoms with E-state index >= 15 is 0 Å². The van der Waals surface area contributed by atoms with Crippen molar-refractivity contribution in [1.82, 2.24) is 0 Å². The molecule has 4 nitrogen and oxygen atoms in total. The van der Waals surface area contributed by atoms with Crippen LogP contribution in [0, 0.1) is 0 Å². The van der Waals surface area contributed by atoms with Gasteiger partial charge in [0, 0.05) is 0 Å². The molecular formula is C16H10F9O4P. The number of para-hydroxylation sites is 2. The van der Waals surface area contributed by atoms with Crippen LogP contribution in [-0.2, 0) is 9.09 Å². The molecule has 0 heterocycles. The zero-order valence-corrected chi connectivity index (χ0v) is 15.1. The Morgan fingerprint density at radius 2 is 0.967 bits per heavy atom. The van der Waals surface area contributed by atoms with Crippen LogP contribution >= 0.6 is 7.82 Å². The molecule has 0 aliphatic rings. The maximum absolute atomic E-state index is 13.8. The molecule has 0 saturated heterocycles. The minimum absolute atomic E-state index is 0.557. The molecule has 0 aliphatic carbocycles. The Labute approximate surface area is 162 Å². The Balaban J connectivity index is 2.44. The number of hydrogen-bond donors (Lipinski definition) is 0. The Hall–Kier alpha value is -2.40. The fourth-order valence-electron chi connectivity index (χ4n) is 1.84. The molecule has 0 saturated carbocycles. The van der Waals surface area contributed by atoms with Crippen LogP contribution in [0.4, 0.5) is 39.5 Å². The first kappa shape index (κ1) is 23.9. The van der Waals surface area contributed by atoms with Gasteiger partial charge in [-0.05, 0) is 24.3 Å². The Kier molecular flexibility index (Phi) is 6.39. The second-order valence-corrected chi connectivity index (χ2v) is 6.95. The van der Waals surface area contributed by atoms with Crippen LogP contribution in [0.15, 0.2) is 60.7 Å². The lowest BCUT2D eigenvalue weighted by molar-refractivity contribution is -0.430. The molecule has 14 heteroatoms. The van der Waals surface area contributed by atoms with Gasteiger partial charge in [-0.1, -0.05) is 36.4 Å². The average Bonchev–Trinajstić information content (AvgIpc) is 2.61. The summed E-state index contributed by atoms with van der Waals surface area (Å²) >= 11 is 0. The smallest absolute Gasteiger partial charge is 0.395 e. The normalized spacial score (nSPS) is 13.8. The van der Waals surface area contributed by atoms with E-state index in [1.54, 1.807) is 0 Å². The molecule has 0 amide bonds. The van der Waals surface area contributed by atoms with Gasteiger partial charge in [0.25, 0.3) is 0 Å². The van der Waals surface area contributed by atoms with Gasteiger partial charge < -0.3 is 9.05 Å². The zero-order chi connectivity index (χ0) is 22.8. The highest BCUT2D eigenvalue weighted by Gasteiger charge is 2.84. The SMILES string of the molecule is O=P(Oc1ccccc1)(Oc1ccccc1)OC(F)(F)C(F)(F)C(F)(F)C(F)(F)F. The van der Waals surface area contributed by atoms with Crippen molar-refractivity contribution in [3.63, 3.8) is 0 Å². The third-order valence-electron chi connectivity index (χ3n) is 3.26. The summed E-state index contributed by atoms with van der Waals surface area (Å²) in [5.74, 6) is -15.5. The lowest BCUT2D eigenvalue weighted by Gasteiger charge is -2.33. The number of rotatable bonds is 8. The summed E-state index contributed by atoms with van der Waals surface area (Å²) < 4.78 is 142. The quantitative estimate of drug-likeness (QED) is 0.320. The monoisotopic (exact) mass is 468 g/mol. The van der Waals surface area contributed by atoms with Crippen molar-refractivity contribution in [2.75, 3.05) is 0 Å². The number of alkyl halides is 9. The van der Waals surface area contributed by atoms with E-state index in [-0.39, 0.29) is 0 Å². The minimum Gasteiger partial charge on any atom is -0.395 e. The highest BCUT2D eigenvalue weighted by molar-refractivity contribution is 7.49. The van der Waals surface area contributed by atoms with Crippen LogP contribution < -0.4 is 9.05 Å². The van der Waals surface area contributed by atoms with Crippen molar-refractivity contribution in [2.45, 2.75) is 24.1 Å². The number of phosphoric ester groups is 1. The molecule has 2 rings (SSSR count). The van der Waals surface area contributed by atoms with Crippen LogP contribution in [0.5, 0.6) is 11.5 Å². The van der Waals surface area contributed by atoms with E-state index in [4.69, 9.17) is 0 Å². The molecule has 0 radical (unpaired) electrons. The van der Waals surface area contributed by atoms with Crippen molar-refractivity contribution in [1.29, 1.82) is 0 Å². The number of phosphoric acid groups is 1. The molecule has 0 atom stereocenters. The predicted octanol–water partition coefficient (Wildman–Crippen LogP) is 6.69. The van der Waals surface area contributed by atoms with Crippen molar-refractivity contribution in [3.8, 4) is 11.5 Å². The van der Waals surface area contributed by atoms with Gasteiger partial charge in [-0.3, -0.25) is 0 Å². The minimum atomic E-state index is -7.24. The Morgan fingerprint density at radius 3 is 1.30 bits per heavy atom. The van der Waals surface area contributed by atoms with E-state index in [1.165, 1.54) is 36.4 Å². The maximum Gasteiger partial charge on any atom is 0.592 e. The zero-order valence-electron chi connectivity index (χ0n) is 14.3. The average molecular weight is 468 g/mol. The van der Waals surface area contributed by atoms with E-state index in [0.717, 1.165) is 24.3 Å². The highest BCUT2D eigenvalue weighted by Crippen LogP contribution is 2.60. The van der Waals surface area contributed by atoms with Crippen molar-refractivity contribution in [3.05, 3.63) is 60.7 Å². The summed E-state index contributed by atoms with van der Waals surface area (Å²) in [5, 5.41) is 0. The van der Waals surface area contributed by atoms with Gasteiger partial charge in [-0.15, -0.1) is 0 Å². The number of hydrogen-bond acceptors (Lipinski definition) is 4. The van der Waals surface area contributed by atoms with E-state index in [0.29, 0.717) is 0 Å². The summed E-state index contributed by atoms with van der Waals surface area (Å²) in [6.07, 6.45) is -13.7. The molecule has 0 fully saturated rings. The standard InChI is InChI=1S/C16H10F9O4P/c17-13(18,15(21,22)23)14(19,20)16(24,25)29-30(26,27-11-7-3-1-4-8-11)28-12-9-5-2-6-10-12/h1-10H. The highest BCUT2D eigenvalue weighted by atomic mass is 31.2. The molecule has 0 aliphatic heterocycles. The first-order chi connectivity index (χ1) is 13.6. The van der Waals surface area contributed by atoms with Crippen molar-refractivity contribution in [2.24, 2.45) is 0 Å². The van der Waals surface area contributed by atoms with E-state index in [2.05, 4.69) is 13.6 Å². The third-order valence-corrected chi connectivity index (χ3v) is 4.58. The van der Waals surface area contributed by atoms with Crippen LogP contribution in [0.25, 0.3) is 0 Å². The van der Waals surface area contributed by atoms with Crippen molar-refractivity contribution < 1.29 is 57.7 Å². The van der Waals surface area contributed by atoms with Gasteiger partial charge >= 0.3 is 32.0 Å². The number of halogens is 9. The van der Waals surface area contributed by atoms with Gasteiger partial charge in [0.1, 0.15) is 11.5 Å².